The molecule has 0 fully saturated rings. The SMILES string of the molecule is N=CC(=S)c1cc(C(F)(F)F)ccc1F. The minimum absolute atomic E-state index is 0.265. The summed E-state index contributed by atoms with van der Waals surface area (Å²) in [5.41, 5.74) is -1.36. The highest BCUT2D eigenvalue weighted by molar-refractivity contribution is 7.82. The van der Waals surface area contributed by atoms with Gasteiger partial charge in [0.15, 0.2) is 0 Å². The van der Waals surface area contributed by atoms with Crippen molar-refractivity contribution >= 4 is 23.3 Å². The standard InChI is InChI=1S/C9H5F4NS/c10-7-2-1-5(9(11,12)13)3-6(7)8(15)4-14/h1-4,14H. The molecular formula is C9H5F4NS. The predicted molar refractivity (Wildman–Crippen MR) is 51.9 cm³/mol. The third kappa shape index (κ3) is 2.59. The lowest BCUT2D eigenvalue weighted by atomic mass is 10.1. The lowest BCUT2D eigenvalue weighted by Crippen LogP contribution is -2.09. The van der Waals surface area contributed by atoms with E-state index in [0.717, 1.165) is 0 Å². The van der Waals surface area contributed by atoms with E-state index in [4.69, 9.17) is 5.41 Å². The molecule has 0 saturated heterocycles. The highest BCUT2D eigenvalue weighted by Gasteiger charge is 2.31. The molecule has 1 aromatic carbocycles. The summed E-state index contributed by atoms with van der Waals surface area (Å²) in [6.45, 7) is 0. The minimum atomic E-state index is -4.54. The largest absolute Gasteiger partial charge is 0.416 e. The van der Waals surface area contributed by atoms with Gasteiger partial charge < -0.3 is 5.41 Å². The van der Waals surface area contributed by atoms with Crippen molar-refractivity contribution < 1.29 is 17.6 Å². The summed E-state index contributed by atoms with van der Waals surface area (Å²) in [6, 6.07) is 1.92. The molecule has 0 heterocycles. The Balaban J connectivity index is 3.29. The van der Waals surface area contributed by atoms with Gasteiger partial charge in [-0.1, -0.05) is 12.2 Å². The first-order valence-corrected chi connectivity index (χ1v) is 4.18. The van der Waals surface area contributed by atoms with Crippen molar-refractivity contribution in [3.05, 3.63) is 35.1 Å². The number of hydrogen-bond acceptors (Lipinski definition) is 2. The molecule has 1 aromatic rings. The Hall–Kier alpha value is -1.30. The van der Waals surface area contributed by atoms with E-state index in [1.807, 2.05) is 0 Å². The van der Waals surface area contributed by atoms with Crippen molar-refractivity contribution in [3.8, 4) is 0 Å². The van der Waals surface area contributed by atoms with Crippen LogP contribution in [-0.2, 0) is 6.18 Å². The molecular weight excluding hydrogens is 230 g/mol. The monoisotopic (exact) mass is 235 g/mol. The van der Waals surface area contributed by atoms with Crippen LogP contribution < -0.4 is 0 Å². The van der Waals surface area contributed by atoms with Crippen LogP contribution in [0.15, 0.2) is 18.2 Å². The highest BCUT2D eigenvalue weighted by atomic mass is 32.1. The van der Waals surface area contributed by atoms with E-state index >= 15 is 0 Å². The summed E-state index contributed by atoms with van der Waals surface area (Å²) in [4.78, 5) is -0.265. The Bertz CT molecular complexity index is 411. The first kappa shape index (κ1) is 11.8. The van der Waals surface area contributed by atoms with Gasteiger partial charge in [0.2, 0.25) is 0 Å². The number of hydrogen-bond donors (Lipinski definition) is 1. The average molecular weight is 235 g/mol. The van der Waals surface area contributed by atoms with Gasteiger partial charge in [-0.05, 0) is 18.2 Å². The van der Waals surface area contributed by atoms with Gasteiger partial charge in [0.25, 0.3) is 0 Å². The molecule has 1 N–H and O–H groups in total. The van der Waals surface area contributed by atoms with Gasteiger partial charge >= 0.3 is 6.18 Å². The predicted octanol–water partition coefficient (Wildman–Crippen LogP) is 3.21. The molecule has 0 spiro atoms. The van der Waals surface area contributed by atoms with Crippen LogP contribution in [-0.4, -0.2) is 11.1 Å². The second kappa shape index (κ2) is 4.06. The van der Waals surface area contributed by atoms with Gasteiger partial charge in [-0.15, -0.1) is 0 Å². The fourth-order valence-electron chi connectivity index (χ4n) is 0.968. The quantitative estimate of drug-likeness (QED) is 0.362. The third-order valence-electron chi connectivity index (χ3n) is 1.69. The molecule has 0 amide bonds. The number of alkyl halides is 3. The lowest BCUT2D eigenvalue weighted by Gasteiger charge is -2.08. The third-order valence-corrected chi connectivity index (χ3v) is 2.03. The maximum atomic E-state index is 13.0. The summed E-state index contributed by atoms with van der Waals surface area (Å²) >= 11 is 4.54. The topological polar surface area (TPSA) is 23.9 Å². The first-order valence-electron chi connectivity index (χ1n) is 3.78. The second-order valence-electron chi connectivity index (χ2n) is 2.70. The zero-order valence-electron chi connectivity index (χ0n) is 7.23. The Morgan fingerprint density at radius 2 is 1.93 bits per heavy atom. The van der Waals surface area contributed by atoms with Crippen molar-refractivity contribution in [2.24, 2.45) is 0 Å². The molecule has 0 aliphatic heterocycles. The van der Waals surface area contributed by atoms with Crippen LogP contribution in [0.5, 0.6) is 0 Å². The van der Waals surface area contributed by atoms with Crippen molar-refractivity contribution in [1.82, 2.24) is 0 Å². The van der Waals surface area contributed by atoms with Crippen LogP contribution in [0.4, 0.5) is 17.6 Å². The molecule has 0 aromatic heterocycles. The highest BCUT2D eigenvalue weighted by Crippen LogP contribution is 2.30. The van der Waals surface area contributed by atoms with Crippen LogP contribution in [0.2, 0.25) is 0 Å². The van der Waals surface area contributed by atoms with Crippen LogP contribution in [0.3, 0.4) is 0 Å². The smallest absolute Gasteiger partial charge is 0.307 e. The Morgan fingerprint density at radius 1 is 1.33 bits per heavy atom. The van der Waals surface area contributed by atoms with E-state index < -0.39 is 17.6 Å². The van der Waals surface area contributed by atoms with Gasteiger partial charge in [-0.3, -0.25) is 0 Å². The van der Waals surface area contributed by atoms with Crippen molar-refractivity contribution in [2.45, 2.75) is 6.18 Å². The van der Waals surface area contributed by atoms with Crippen LogP contribution in [0, 0.1) is 11.2 Å². The summed E-state index contributed by atoms with van der Waals surface area (Å²) in [5.74, 6) is -0.864. The fraction of sp³-hybridized carbons (Fsp3) is 0.111. The summed E-state index contributed by atoms with van der Waals surface area (Å²) < 4.78 is 49.8. The van der Waals surface area contributed by atoms with E-state index in [1.165, 1.54) is 0 Å². The molecule has 0 unspecified atom stereocenters. The normalized spacial score (nSPS) is 11.2. The van der Waals surface area contributed by atoms with Gasteiger partial charge in [-0.2, -0.15) is 13.2 Å². The molecule has 1 nitrogen and oxygen atoms in total. The van der Waals surface area contributed by atoms with Crippen LogP contribution in [0.1, 0.15) is 11.1 Å². The summed E-state index contributed by atoms with van der Waals surface area (Å²) in [5, 5.41) is 6.76. The van der Waals surface area contributed by atoms with Crippen LogP contribution in [0.25, 0.3) is 0 Å². The molecule has 0 aliphatic rings. The fourth-order valence-corrected chi connectivity index (χ4v) is 1.12. The lowest BCUT2D eigenvalue weighted by molar-refractivity contribution is -0.137. The van der Waals surface area contributed by atoms with Gasteiger partial charge in [0.1, 0.15) is 5.82 Å². The molecule has 0 aliphatic carbocycles. The van der Waals surface area contributed by atoms with Gasteiger partial charge in [0.05, 0.1) is 10.4 Å². The molecule has 0 radical (unpaired) electrons. The number of rotatable bonds is 2. The van der Waals surface area contributed by atoms with E-state index in [9.17, 15) is 17.6 Å². The van der Waals surface area contributed by atoms with Gasteiger partial charge in [0, 0.05) is 11.8 Å². The minimum Gasteiger partial charge on any atom is -0.307 e. The van der Waals surface area contributed by atoms with E-state index in [1.54, 1.807) is 0 Å². The molecule has 6 heteroatoms. The average Bonchev–Trinajstić information content (AvgIpc) is 2.15. The maximum absolute atomic E-state index is 13.0. The Morgan fingerprint density at radius 3 is 2.40 bits per heavy atom. The molecule has 15 heavy (non-hydrogen) atoms. The number of thiocarbonyl (C=S) groups is 1. The van der Waals surface area contributed by atoms with E-state index in [0.29, 0.717) is 24.4 Å². The van der Waals surface area contributed by atoms with E-state index in [2.05, 4.69) is 12.2 Å². The van der Waals surface area contributed by atoms with Gasteiger partial charge in [-0.25, -0.2) is 4.39 Å². The number of halogens is 4. The maximum Gasteiger partial charge on any atom is 0.416 e. The van der Waals surface area contributed by atoms with Crippen molar-refractivity contribution in [2.75, 3.05) is 0 Å². The van der Waals surface area contributed by atoms with Crippen LogP contribution >= 0.6 is 12.2 Å². The molecule has 0 atom stereocenters. The molecule has 1 rings (SSSR count). The molecule has 0 saturated carbocycles. The molecule has 0 bridgehead atoms. The number of nitrogens with one attached hydrogen (secondary N) is 1. The first-order chi connectivity index (χ1) is 6.86. The Kier molecular flexibility index (Phi) is 3.18. The zero-order chi connectivity index (χ0) is 11.6. The second-order valence-corrected chi connectivity index (χ2v) is 3.14. The number of benzene rings is 1. The Labute approximate surface area is 88.2 Å². The molecule has 80 valence electrons. The zero-order valence-corrected chi connectivity index (χ0v) is 8.05. The summed E-state index contributed by atoms with van der Waals surface area (Å²) in [7, 11) is 0. The van der Waals surface area contributed by atoms with Crippen molar-refractivity contribution in [1.29, 1.82) is 5.41 Å². The van der Waals surface area contributed by atoms with Crippen molar-refractivity contribution in [3.63, 3.8) is 0 Å². The summed E-state index contributed by atoms with van der Waals surface area (Å²) in [6.07, 6.45) is -3.91. The van der Waals surface area contributed by atoms with E-state index in [-0.39, 0.29) is 10.4 Å².